The van der Waals surface area contributed by atoms with Gasteiger partial charge in [-0.3, -0.25) is 0 Å². The van der Waals surface area contributed by atoms with Crippen LogP contribution in [-0.2, 0) is 6.42 Å². The minimum absolute atomic E-state index is 0.542. The molecule has 84 valence electrons. The molecule has 0 saturated carbocycles. The lowest BCUT2D eigenvalue weighted by atomic mass is 10.1. The second kappa shape index (κ2) is 5.03. The first kappa shape index (κ1) is 11.0. The van der Waals surface area contributed by atoms with Crippen molar-refractivity contribution < 1.29 is 4.42 Å². The predicted octanol–water partition coefficient (Wildman–Crippen LogP) is 2.09. The van der Waals surface area contributed by atoms with Gasteiger partial charge < -0.3 is 10.2 Å². The SMILES string of the molecule is Cc1nc(C2CCSC2)oc1CCCN. The van der Waals surface area contributed by atoms with E-state index in [0.717, 1.165) is 42.5 Å². The fraction of sp³-hybridized carbons (Fsp3) is 0.727. The lowest BCUT2D eigenvalue weighted by Crippen LogP contribution is -2.00. The molecule has 0 radical (unpaired) electrons. The molecule has 0 amide bonds. The van der Waals surface area contributed by atoms with Crippen LogP contribution in [0, 0.1) is 6.92 Å². The number of rotatable bonds is 4. The van der Waals surface area contributed by atoms with Gasteiger partial charge in [0.05, 0.1) is 5.69 Å². The summed E-state index contributed by atoms with van der Waals surface area (Å²) in [5.74, 6) is 4.93. The highest BCUT2D eigenvalue weighted by Gasteiger charge is 2.23. The quantitative estimate of drug-likeness (QED) is 0.854. The zero-order valence-corrected chi connectivity index (χ0v) is 9.98. The summed E-state index contributed by atoms with van der Waals surface area (Å²) in [7, 11) is 0. The molecule has 15 heavy (non-hydrogen) atoms. The van der Waals surface area contributed by atoms with Crippen molar-refractivity contribution in [2.24, 2.45) is 5.73 Å². The van der Waals surface area contributed by atoms with Crippen LogP contribution in [0.1, 0.15) is 36.1 Å². The Morgan fingerprint density at radius 1 is 1.60 bits per heavy atom. The molecule has 1 aromatic rings. The summed E-state index contributed by atoms with van der Waals surface area (Å²) in [6.45, 7) is 2.75. The lowest BCUT2D eigenvalue weighted by molar-refractivity contribution is 0.426. The van der Waals surface area contributed by atoms with Crippen LogP contribution < -0.4 is 5.73 Å². The molecule has 1 aliphatic heterocycles. The van der Waals surface area contributed by atoms with Gasteiger partial charge in [0, 0.05) is 18.1 Å². The molecule has 1 unspecified atom stereocenters. The fourth-order valence-electron chi connectivity index (χ4n) is 1.85. The molecular weight excluding hydrogens is 208 g/mol. The van der Waals surface area contributed by atoms with E-state index >= 15 is 0 Å². The number of hydrogen-bond acceptors (Lipinski definition) is 4. The second-order valence-electron chi connectivity index (χ2n) is 4.01. The Kier molecular flexibility index (Phi) is 3.70. The molecule has 0 spiro atoms. The van der Waals surface area contributed by atoms with Crippen molar-refractivity contribution in [1.82, 2.24) is 4.98 Å². The molecule has 3 nitrogen and oxygen atoms in total. The van der Waals surface area contributed by atoms with Gasteiger partial charge in [-0.25, -0.2) is 4.98 Å². The average molecular weight is 226 g/mol. The van der Waals surface area contributed by atoms with Crippen molar-refractivity contribution in [2.45, 2.75) is 32.1 Å². The molecular formula is C11H18N2OS. The molecule has 4 heteroatoms. The van der Waals surface area contributed by atoms with Crippen LogP contribution in [0.2, 0.25) is 0 Å². The lowest BCUT2D eigenvalue weighted by Gasteiger charge is -2.00. The topological polar surface area (TPSA) is 52.0 Å². The molecule has 2 rings (SSSR count). The first-order valence-electron chi connectivity index (χ1n) is 5.55. The highest BCUT2D eigenvalue weighted by atomic mass is 32.2. The van der Waals surface area contributed by atoms with Gasteiger partial charge in [-0.1, -0.05) is 0 Å². The molecule has 2 heterocycles. The Hall–Kier alpha value is -0.480. The Morgan fingerprint density at radius 3 is 3.13 bits per heavy atom. The highest BCUT2D eigenvalue weighted by molar-refractivity contribution is 7.99. The monoisotopic (exact) mass is 226 g/mol. The number of nitrogens with two attached hydrogens (primary N) is 1. The van der Waals surface area contributed by atoms with Gasteiger partial charge in [0.1, 0.15) is 5.76 Å². The molecule has 1 saturated heterocycles. The van der Waals surface area contributed by atoms with Gasteiger partial charge >= 0.3 is 0 Å². The molecule has 1 aliphatic rings. The van der Waals surface area contributed by atoms with E-state index in [1.807, 2.05) is 18.7 Å². The maximum absolute atomic E-state index is 5.82. The Bertz CT molecular complexity index is 318. The minimum atomic E-state index is 0.542. The zero-order chi connectivity index (χ0) is 10.7. The predicted molar refractivity (Wildman–Crippen MR) is 63.3 cm³/mol. The van der Waals surface area contributed by atoms with E-state index in [4.69, 9.17) is 10.2 Å². The minimum Gasteiger partial charge on any atom is -0.445 e. The molecule has 0 aromatic carbocycles. The van der Waals surface area contributed by atoms with Crippen LogP contribution in [0.3, 0.4) is 0 Å². The van der Waals surface area contributed by atoms with Crippen LogP contribution in [0.5, 0.6) is 0 Å². The first-order chi connectivity index (χ1) is 7.31. The van der Waals surface area contributed by atoms with Crippen molar-refractivity contribution in [3.63, 3.8) is 0 Å². The number of thioether (sulfide) groups is 1. The largest absolute Gasteiger partial charge is 0.445 e. The molecule has 2 N–H and O–H groups in total. The van der Waals surface area contributed by atoms with E-state index in [-0.39, 0.29) is 0 Å². The number of aromatic nitrogens is 1. The van der Waals surface area contributed by atoms with Crippen LogP contribution in [0.4, 0.5) is 0 Å². The Balaban J connectivity index is 2.06. The van der Waals surface area contributed by atoms with E-state index in [2.05, 4.69) is 4.98 Å². The van der Waals surface area contributed by atoms with Gasteiger partial charge in [0.15, 0.2) is 5.89 Å². The maximum atomic E-state index is 5.82. The third-order valence-corrected chi connectivity index (χ3v) is 3.96. The third kappa shape index (κ3) is 2.55. The normalized spacial score (nSPS) is 21.1. The van der Waals surface area contributed by atoms with Crippen molar-refractivity contribution in [1.29, 1.82) is 0 Å². The Morgan fingerprint density at radius 2 is 2.47 bits per heavy atom. The van der Waals surface area contributed by atoms with Crippen molar-refractivity contribution >= 4 is 11.8 Å². The van der Waals surface area contributed by atoms with E-state index in [1.54, 1.807) is 0 Å². The third-order valence-electron chi connectivity index (χ3n) is 2.80. The molecule has 0 aliphatic carbocycles. The molecule has 1 fully saturated rings. The Labute approximate surface area is 94.8 Å². The van der Waals surface area contributed by atoms with Gasteiger partial charge in [0.25, 0.3) is 0 Å². The van der Waals surface area contributed by atoms with Gasteiger partial charge in [-0.15, -0.1) is 0 Å². The van der Waals surface area contributed by atoms with Crippen molar-refractivity contribution in [3.05, 3.63) is 17.3 Å². The second-order valence-corrected chi connectivity index (χ2v) is 5.16. The average Bonchev–Trinajstić information content (AvgIpc) is 2.83. The van der Waals surface area contributed by atoms with Crippen molar-refractivity contribution in [3.8, 4) is 0 Å². The van der Waals surface area contributed by atoms with Gasteiger partial charge in [-0.2, -0.15) is 11.8 Å². The summed E-state index contributed by atoms with van der Waals surface area (Å²) in [6, 6.07) is 0. The van der Waals surface area contributed by atoms with Crippen LogP contribution in [0.25, 0.3) is 0 Å². The van der Waals surface area contributed by atoms with Crippen molar-refractivity contribution in [2.75, 3.05) is 18.1 Å². The van der Waals surface area contributed by atoms with E-state index in [0.29, 0.717) is 5.92 Å². The number of aryl methyl sites for hydroxylation is 2. The number of nitrogens with zero attached hydrogens (tertiary/aromatic N) is 1. The smallest absolute Gasteiger partial charge is 0.198 e. The summed E-state index contributed by atoms with van der Waals surface area (Å²) in [5, 5.41) is 0. The highest BCUT2D eigenvalue weighted by Crippen LogP contribution is 2.32. The summed E-state index contributed by atoms with van der Waals surface area (Å²) < 4.78 is 5.82. The maximum Gasteiger partial charge on any atom is 0.198 e. The van der Waals surface area contributed by atoms with Gasteiger partial charge in [0.2, 0.25) is 0 Å². The first-order valence-corrected chi connectivity index (χ1v) is 6.70. The van der Waals surface area contributed by atoms with Crippen LogP contribution in [-0.4, -0.2) is 23.0 Å². The summed E-state index contributed by atoms with van der Waals surface area (Å²) >= 11 is 1.99. The van der Waals surface area contributed by atoms with Crippen LogP contribution >= 0.6 is 11.8 Å². The van der Waals surface area contributed by atoms with E-state index in [1.165, 1.54) is 12.2 Å². The summed E-state index contributed by atoms with van der Waals surface area (Å²) in [5.41, 5.74) is 6.54. The van der Waals surface area contributed by atoms with E-state index in [9.17, 15) is 0 Å². The number of oxazole rings is 1. The van der Waals surface area contributed by atoms with Gasteiger partial charge in [-0.05, 0) is 32.1 Å². The molecule has 1 aromatic heterocycles. The summed E-state index contributed by atoms with van der Waals surface area (Å²) in [4.78, 5) is 4.52. The number of hydrogen-bond donors (Lipinski definition) is 1. The fourth-order valence-corrected chi connectivity index (χ4v) is 3.06. The molecule has 1 atom stereocenters. The standard InChI is InChI=1S/C11H18N2OS/c1-8-10(3-2-5-12)14-11(13-8)9-4-6-15-7-9/h9H,2-7,12H2,1H3. The molecule has 0 bridgehead atoms. The van der Waals surface area contributed by atoms with Crippen LogP contribution in [0.15, 0.2) is 4.42 Å². The summed E-state index contributed by atoms with van der Waals surface area (Å²) in [6.07, 6.45) is 3.12. The van der Waals surface area contributed by atoms with E-state index < -0.39 is 0 Å². The zero-order valence-electron chi connectivity index (χ0n) is 9.16.